The number of sulfonamides is 1. The Morgan fingerprint density at radius 1 is 1.39 bits per heavy atom. The zero-order valence-corrected chi connectivity index (χ0v) is 10.8. The summed E-state index contributed by atoms with van der Waals surface area (Å²) in [5.74, 6) is 0.532. The van der Waals surface area contributed by atoms with Crippen LogP contribution < -0.4 is 10.0 Å². The maximum absolute atomic E-state index is 12.3. The van der Waals surface area contributed by atoms with Gasteiger partial charge in [-0.05, 0) is 13.0 Å². The van der Waals surface area contributed by atoms with E-state index in [0.29, 0.717) is 17.2 Å². The second kappa shape index (κ2) is 4.30. The first-order valence-corrected chi connectivity index (χ1v) is 6.57. The van der Waals surface area contributed by atoms with Crippen molar-refractivity contribution in [1.29, 1.82) is 0 Å². The van der Waals surface area contributed by atoms with Gasteiger partial charge in [-0.1, -0.05) is 0 Å². The quantitative estimate of drug-likeness (QED) is 0.843. The van der Waals surface area contributed by atoms with Crippen molar-refractivity contribution in [1.82, 2.24) is 15.0 Å². The molecule has 2 aromatic rings. The zero-order valence-electron chi connectivity index (χ0n) is 9.95. The van der Waals surface area contributed by atoms with E-state index >= 15 is 0 Å². The van der Waals surface area contributed by atoms with Gasteiger partial charge in [0.2, 0.25) is 0 Å². The van der Waals surface area contributed by atoms with Crippen LogP contribution in [-0.4, -0.2) is 30.4 Å². The highest BCUT2D eigenvalue weighted by Crippen LogP contribution is 2.25. The lowest BCUT2D eigenvalue weighted by atomic mass is 10.3. The van der Waals surface area contributed by atoms with Gasteiger partial charge < -0.3 is 10.7 Å². The number of rotatable bonds is 3. The van der Waals surface area contributed by atoms with E-state index in [-0.39, 0.29) is 5.03 Å². The Morgan fingerprint density at radius 3 is 2.67 bits per heavy atom. The van der Waals surface area contributed by atoms with Crippen molar-refractivity contribution in [3.8, 4) is 0 Å². The van der Waals surface area contributed by atoms with Crippen LogP contribution in [0.3, 0.4) is 0 Å². The molecule has 0 fully saturated rings. The van der Waals surface area contributed by atoms with E-state index in [1.54, 1.807) is 6.92 Å². The number of anilines is 2. The molecule has 2 rings (SSSR count). The summed E-state index contributed by atoms with van der Waals surface area (Å²) in [6.07, 6.45) is 4.16. The maximum atomic E-state index is 12.3. The van der Waals surface area contributed by atoms with Crippen molar-refractivity contribution >= 4 is 21.4 Å². The Kier molecular flexibility index (Phi) is 2.95. The number of nitrogens with two attached hydrogens (primary N) is 1. The van der Waals surface area contributed by atoms with Gasteiger partial charge in [-0.2, -0.15) is 8.42 Å². The van der Waals surface area contributed by atoms with Gasteiger partial charge in [-0.15, -0.1) is 0 Å². The lowest BCUT2D eigenvalue weighted by Crippen LogP contribution is -2.27. The third kappa shape index (κ3) is 2.02. The second-order valence-corrected chi connectivity index (χ2v) is 5.68. The number of nitrogens with one attached hydrogen (secondary N) is 1. The third-order valence-electron chi connectivity index (χ3n) is 2.49. The van der Waals surface area contributed by atoms with Crippen LogP contribution in [0.4, 0.5) is 11.4 Å². The van der Waals surface area contributed by atoms with Crippen molar-refractivity contribution in [2.75, 3.05) is 17.1 Å². The predicted octanol–water partition coefficient (Wildman–Crippen LogP) is 0.520. The van der Waals surface area contributed by atoms with Crippen LogP contribution in [-0.2, 0) is 10.0 Å². The number of nitrogen functional groups attached to an aromatic ring is 1. The summed E-state index contributed by atoms with van der Waals surface area (Å²) in [5.41, 5.74) is 6.37. The minimum atomic E-state index is -3.69. The second-order valence-electron chi connectivity index (χ2n) is 3.74. The average Bonchev–Trinajstić information content (AvgIpc) is 2.76. The number of aromatic nitrogens is 3. The van der Waals surface area contributed by atoms with Gasteiger partial charge in [-0.25, -0.2) is 4.98 Å². The van der Waals surface area contributed by atoms with E-state index in [4.69, 9.17) is 5.73 Å². The molecule has 0 saturated carbocycles. The summed E-state index contributed by atoms with van der Waals surface area (Å²) in [5, 5.41) is 0.0266. The molecular formula is C10H13N5O2S. The number of hydrogen-bond donors (Lipinski definition) is 2. The predicted molar refractivity (Wildman–Crippen MR) is 67.6 cm³/mol. The number of pyridine rings is 1. The van der Waals surface area contributed by atoms with Gasteiger partial charge in [0.1, 0.15) is 5.82 Å². The highest BCUT2D eigenvalue weighted by atomic mass is 32.2. The number of imidazole rings is 1. The molecule has 0 aliphatic carbocycles. The smallest absolute Gasteiger partial charge is 0.281 e. The molecule has 18 heavy (non-hydrogen) atoms. The lowest BCUT2D eigenvalue weighted by molar-refractivity contribution is 0.591. The number of aromatic amines is 1. The molecule has 0 aliphatic heterocycles. The number of aryl methyl sites for hydroxylation is 1. The first kappa shape index (κ1) is 12.4. The minimum Gasteiger partial charge on any atom is -0.396 e. The molecule has 0 unspecified atom stereocenters. The summed E-state index contributed by atoms with van der Waals surface area (Å²) < 4.78 is 25.6. The largest absolute Gasteiger partial charge is 0.396 e. The summed E-state index contributed by atoms with van der Waals surface area (Å²) in [7, 11) is -2.26. The Labute approximate surface area is 105 Å². The molecule has 3 N–H and O–H groups in total. The number of H-pyrrole nitrogens is 1. The fourth-order valence-corrected chi connectivity index (χ4v) is 2.68. The van der Waals surface area contributed by atoms with E-state index < -0.39 is 10.0 Å². The Hall–Kier alpha value is -2.09. The standard InChI is InChI=1S/C10H13N5O2S/c1-7-13-6-10(14-7)18(16,17)15(2)9-3-4-12-5-8(9)11/h3-6H,11H2,1-2H3,(H,13,14). The molecule has 0 amide bonds. The van der Waals surface area contributed by atoms with Crippen molar-refractivity contribution in [3.05, 3.63) is 30.5 Å². The summed E-state index contributed by atoms with van der Waals surface area (Å²) in [6.45, 7) is 1.68. The fraction of sp³-hybridized carbons (Fsp3) is 0.200. The first-order chi connectivity index (χ1) is 8.43. The molecular weight excluding hydrogens is 254 g/mol. The molecule has 2 aromatic heterocycles. The van der Waals surface area contributed by atoms with Crippen molar-refractivity contribution < 1.29 is 8.42 Å². The highest BCUT2D eigenvalue weighted by Gasteiger charge is 2.24. The third-order valence-corrected chi connectivity index (χ3v) is 4.17. The summed E-state index contributed by atoms with van der Waals surface area (Å²) in [4.78, 5) is 10.4. The van der Waals surface area contributed by atoms with Crippen molar-refractivity contribution in [2.24, 2.45) is 0 Å². The SMILES string of the molecule is Cc1ncc(S(=O)(=O)N(C)c2ccncc2N)[nH]1. The Bertz CT molecular complexity index is 664. The van der Waals surface area contributed by atoms with Crippen LogP contribution in [0, 0.1) is 6.92 Å². The van der Waals surface area contributed by atoms with Crippen LogP contribution in [0.1, 0.15) is 5.82 Å². The Balaban J connectivity index is 2.46. The van der Waals surface area contributed by atoms with Crippen LogP contribution in [0.15, 0.2) is 29.7 Å². The van der Waals surface area contributed by atoms with Crippen LogP contribution >= 0.6 is 0 Å². The monoisotopic (exact) mass is 267 g/mol. The molecule has 0 atom stereocenters. The highest BCUT2D eigenvalue weighted by molar-refractivity contribution is 7.92. The first-order valence-electron chi connectivity index (χ1n) is 5.13. The van der Waals surface area contributed by atoms with Gasteiger partial charge in [-0.3, -0.25) is 9.29 Å². The van der Waals surface area contributed by atoms with E-state index in [1.807, 2.05) is 0 Å². The van der Waals surface area contributed by atoms with Gasteiger partial charge >= 0.3 is 0 Å². The van der Waals surface area contributed by atoms with Crippen molar-refractivity contribution in [3.63, 3.8) is 0 Å². The molecule has 8 heteroatoms. The summed E-state index contributed by atoms with van der Waals surface area (Å²) >= 11 is 0. The van der Waals surface area contributed by atoms with Crippen molar-refractivity contribution in [2.45, 2.75) is 11.9 Å². The van der Waals surface area contributed by atoms with Gasteiger partial charge in [0.25, 0.3) is 10.0 Å². The van der Waals surface area contributed by atoms with E-state index in [2.05, 4.69) is 15.0 Å². The average molecular weight is 267 g/mol. The fourth-order valence-electron chi connectivity index (χ4n) is 1.49. The molecule has 0 aromatic carbocycles. The normalized spacial score (nSPS) is 11.4. The van der Waals surface area contributed by atoms with E-state index in [9.17, 15) is 8.42 Å². The topological polar surface area (TPSA) is 105 Å². The molecule has 96 valence electrons. The molecule has 0 bridgehead atoms. The molecule has 0 aliphatic rings. The number of nitrogens with zero attached hydrogens (tertiary/aromatic N) is 3. The van der Waals surface area contributed by atoms with Gasteiger partial charge in [0.05, 0.1) is 23.8 Å². The maximum Gasteiger partial charge on any atom is 0.281 e. The summed E-state index contributed by atoms with van der Waals surface area (Å²) in [6, 6.07) is 1.54. The van der Waals surface area contributed by atoms with Crippen LogP contribution in [0.5, 0.6) is 0 Å². The minimum absolute atomic E-state index is 0.0266. The molecule has 0 radical (unpaired) electrons. The molecule has 7 nitrogen and oxygen atoms in total. The van der Waals surface area contributed by atoms with Crippen LogP contribution in [0.25, 0.3) is 0 Å². The van der Waals surface area contributed by atoms with Crippen LogP contribution in [0.2, 0.25) is 0 Å². The molecule has 0 saturated heterocycles. The zero-order chi connectivity index (χ0) is 13.3. The lowest BCUT2D eigenvalue weighted by Gasteiger charge is -2.19. The van der Waals surface area contributed by atoms with Gasteiger partial charge in [0, 0.05) is 13.2 Å². The number of hydrogen-bond acceptors (Lipinski definition) is 5. The van der Waals surface area contributed by atoms with E-state index in [0.717, 1.165) is 4.31 Å². The Morgan fingerprint density at radius 2 is 2.11 bits per heavy atom. The molecule has 0 spiro atoms. The van der Waals surface area contributed by atoms with Gasteiger partial charge in [0.15, 0.2) is 5.03 Å². The van der Waals surface area contributed by atoms with E-state index in [1.165, 1.54) is 31.7 Å². The molecule has 2 heterocycles.